The van der Waals surface area contributed by atoms with Crippen molar-refractivity contribution in [3.63, 3.8) is 0 Å². The molecule has 0 amide bonds. The molecule has 0 fully saturated rings. The first-order valence-corrected chi connectivity index (χ1v) is 6.47. The van der Waals surface area contributed by atoms with Crippen LogP contribution in [0.5, 0.6) is 0 Å². The third-order valence-electron chi connectivity index (χ3n) is 2.89. The van der Waals surface area contributed by atoms with Gasteiger partial charge in [-0.1, -0.05) is 30.3 Å². The summed E-state index contributed by atoms with van der Waals surface area (Å²) >= 11 is 0. The topological polar surface area (TPSA) is 44.1 Å². The highest BCUT2D eigenvalue weighted by Gasteiger charge is 2.44. The van der Waals surface area contributed by atoms with Crippen LogP contribution in [-0.2, 0) is 10.9 Å². The van der Waals surface area contributed by atoms with E-state index < -0.39 is 35.6 Å². The molecule has 0 atom stereocenters. The zero-order chi connectivity index (χ0) is 17.2. The van der Waals surface area contributed by atoms with Gasteiger partial charge in [0.25, 0.3) is 0 Å². The van der Waals surface area contributed by atoms with Crippen LogP contribution in [0.25, 0.3) is 11.3 Å². The Morgan fingerprint density at radius 1 is 1.26 bits per heavy atom. The lowest BCUT2D eigenvalue weighted by atomic mass is 10.1. The van der Waals surface area contributed by atoms with Crippen molar-refractivity contribution < 1.29 is 31.5 Å². The van der Waals surface area contributed by atoms with E-state index in [1.165, 1.54) is 37.3 Å². The molecule has 0 aliphatic heterocycles. The third kappa shape index (κ3) is 3.33. The molecular weight excluding hydrogens is 323 g/mol. The lowest BCUT2D eigenvalue weighted by Crippen LogP contribution is -2.14. The Bertz CT molecular complexity index is 695. The molecule has 0 unspecified atom stereocenters. The van der Waals surface area contributed by atoms with Crippen LogP contribution in [0, 0.1) is 0 Å². The van der Waals surface area contributed by atoms with Gasteiger partial charge in [0, 0.05) is 5.56 Å². The Labute approximate surface area is 127 Å². The SMILES string of the molecule is CCOC(=O)c1nn(C(F)F)c(-c2ccccc2)c1C(F)(F)F. The summed E-state index contributed by atoms with van der Waals surface area (Å²) in [5.74, 6) is -1.41. The van der Waals surface area contributed by atoms with Gasteiger partial charge in [-0.2, -0.15) is 27.1 Å². The van der Waals surface area contributed by atoms with Crippen molar-refractivity contribution in [1.29, 1.82) is 0 Å². The number of benzene rings is 1. The van der Waals surface area contributed by atoms with E-state index in [1.54, 1.807) is 0 Å². The molecule has 0 spiro atoms. The van der Waals surface area contributed by atoms with Gasteiger partial charge < -0.3 is 4.74 Å². The minimum absolute atomic E-state index is 0.121. The second kappa shape index (κ2) is 6.35. The first-order chi connectivity index (χ1) is 10.8. The van der Waals surface area contributed by atoms with Crippen molar-refractivity contribution in [2.75, 3.05) is 6.61 Å². The first-order valence-electron chi connectivity index (χ1n) is 6.47. The average molecular weight is 334 g/mol. The number of hydrogen-bond donors (Lipinski definition) is 0. The molecule has 1 heterocycles. The maximum Gasteiger partial charge on any atom is 0.420 e. The van der Waals surface area contributed by atoms with E-state index in [9.17, 15) is 26.7 Å². The molecular formula is C14H11F5N2O2. The van der Waals surface area contributed by atoms with E-state index in [-0.39, 0.29) is 16.9 Å². The second-order valence-electron chi connectivity index (χ2n) is 4.38. The standard InChI is InChI=1S/C14H11F5N2O2/c1-2-23-12(22)10-9(14(17,18)19)11(21(20-10)13(15)16)8-6-4-3-5-7-8/h3-7,13H,2H2,1H3. The molecule has 0 saturated carbocycles. The number of carbonyl (C=O) groups excluding carboxylic acids is 1. The fourth-order valence-corrected chi connectivity index (χ4v) is 2.06. The van der Waals surface area contributed by atoms with Crippen LogP contribution in [0.3, 0.4) is 0 Å². The number of hydrogen-bond acceptors (Lipinski definition) is 3. The lowest BCUT2D eigenvalue weighted by Gasteiger charge is -2.11. The molecule has 124 valence electrons. The van der Waals surface area contributed by atoms with E-state index in [2.05, 4.69) is 9.84 Å². The summed E-state index contributed by atoms with van der Waals surface area (Å²) in [6.07, 6.45) is -5.06. The molecule has 4 nitrogen and oxygen atoms in total. The Hall–Kier alpha value is -2.45. The molecule has 0 saturated heterocycles. The monoisotopic (exact) mass is 334 g/mol. The van der Waals surface area contributed by atoms with Crippen molar-refractivity contribution in [1.82, 2.24) is 9.78 Å². The largest absolute Gasteiger partial charge is 0.461 e. The molecule has 0 radical (unpaired) electrons. The van der Waals surface area contributed by atoms with Crippen molar-refractivity contribution in [2.45, 2.75) is 19.6 Å². The van der Waals surface area contributed by atoms with Gasteiger partial charge in [-0.05, 0) is 6.92 Å². The van der Waals surface area contributed by atoms with Gasteiger partial charge in [0.1, 0.15) is 5.56 Å². The first kappa shape index (κ1) is 16.9. The quantitative estimate of drug-likeness (QED) is 0.623. The predicted molar refractivity (Wildman–Crippen MR) is 69.9 cm³/mol. The molecule has 2 aromatic rings. The molecule has 1 aromatic carbocycles. The molecule has 0 aliphatic rings. The number of ether oxygens (including phenoxy) is 1. The number of alkyl halides is 5. The highest BCUT2D eigenvalue weighted by atomic mass is 19.4. The van der Waals surface area contributed by atoms with Crippen molar-refractivity contribution in [2.24, 2.45) is 0 Å². The number of nitrogens with zero attached hydrogens (tertiary/aromatic N) is 2. The van der Waals surface area contributed by atoms with Crippen LogP contribution < -0.4 is 0 Å². The Morgan fingerprint density at radius 3 is 2.35 bits per heavy atom. The van der Waals surface area contributed by atoms with E-state index in [0.717, 1.165) is 0 Å². The fourth-order valence-electron chi connectivity index (χ4n) is 2.06. The van der Waals surface area contributed by atoms with Crippen LogP contribution >= 0.6 is 0 Å². The minimum atomic E-state index is -5.06. The van der Waals surface area contributed by atoms with E-state index in [0.29, 0.717) is 0 Å². The summed E-state index contributed by atoms with van der Waals surface area (Å²) in [6, 6.07) is 6.75. The van der Waals surface area contributed by atoms with Gasteiger partial charge in [-0.25, -0.2) is 9.48 Å². The summed E-state index contributed by atoms with van der Waals surface area (Å²) in [6.45, 7) is -2.18. The number of aromatic nitrogens is 2. The van der Waals surface area contributed by atoms with Gasteiger partial charge in [0.15, 0.2) is 5.69 Å². The van der Waals surface area contributed by atoms with Crippen LogP contribution in [0.1, 0.15) is 29.5 Å². The van der Waals surface area contributed by atoms with E-state index in [1.807, 2.05) is 0 Å². The molecule has 23 heavy (non-hydrogen) atoms. The van der Waals surface area contributed by atoms with Gasteiger partial charge in [-0.3, -0.25) is 0 Å². The minimum Gasteiger partial charge on any atom is -0.461 e. The number of halogens is 5. The second-order valence-corrected chi connectivity index (χ2v) is 4.38. The Kier molecular flexibility index (Phi) is 4.67. The van der Waals surface area contributed by atoms with Crippen LogP contribution in [0.4, 0.5) is 22.0 Å². The van der Waals surface area contributed by atoms with Crippen molar-refractivity contribution in [3.05, 3.63) is 41.6 Å². The number of rotatable bonds is 4. The summed E-state index contributed by atoms with van der Waals surface area (Å²) in [4.78, 5) is 11.7. The average Bonchev–Trinajstić information content (AvgIpc) is 2.89. The Balaban J connectivity index is 2.79. The molecule has 0 aliphatic carbocycles. The summed E-state index contributed by atoms with van der Waals surface area (Å²) in [7, 11) is 0. The summed E-state index contributed by atoms with van der Waals surface area (Å²) in [5, 5.41) is 3.14. The van der Waals surface area contributed by atoms with Gasteiger partial charge in [-0.15, -0.1) is 0 Å². The normalized spacial score (nSPS) is 11.8. The van der Waals surface area contributed by atoms with Gasteiger partial charge >= 0.3 is 18.7 Å². The summed E-state index contributed by atoms with van der Waals surface area (Å²) in [5.41, 5.74) is -3.74. The summed E-state index contributed by atoms with van der Waals surface area (Å²) < 4.78 is 70.7. The molecule has 0 bridgehead atoms. The molecule has 2 rings (SSSR count). The van der Waals surface area contributed by atoms with E-state index in [4.69, 9.17) is 0 Å². The predicted octanol–water partition coefficient (Wildman–Crippen LogP) is 4.14. The lowest BCUT2D eigenvalue weighted by molar-refractivity contribution is -0.137. The third-order valence-corrected chi connectivity index (χ3v) is 2.89. The van der Waals surface area contributed by atoms with E-state index >= 15 is 0 Å². The maximum atomic E-state index is 13.4. The molecule has 1 aromatic heterocycles. The maximum absolute atomic E-state index is 13.4. The van der Waals surface area contributed by atoms with Crippen LogP contribution in [-0.4, -0.2) is 22.4 Å². The van der Waals surface area contributed by atoms with Crippen molar-refractivity contribution >= 4 is 5.97 Å². The fraction of sp³-hybridized carbons (Fsp3) is 0.286. The number of carbonyl (C=O) groups is 1. The molecule has 9 heteroatoms. The smallest absolute Gasteiger partial charge is 0.420 e. The van der Waals surface area contributed by atoms with Crippen LogP contribution in [0.15, 0.2) is 30.3 Å². The highest BCUT2D eigenvalue weighted by molar-refractivity contribution is 5.91. The zero-order valence-electron chi connectivity index (χ0n) is 11.8. The van der Waals surface area contributed by atoms with Gasteiger partial charge in [0.05, 0.1) is 12.3 Å². The van der Waals surface area contributed by atoms with Gasteiger partial charge in [0.2, 0.25) is 0 Å². The Morgan fingerprint density at radius 2 is 1.87 bits per heavy atom. The highest BCUT2D eigenvalue weighted by Crippen LogP contribution is 2.41. The van der Waals surface area contributed by atoms with Crippen molar-refractivity contribution in [3.8, 4) is 11.3 Å². The van der Waals surface area contributed by atoms with Crippen LogP contribution in [0.2, 0.25) is 0 Å². The zero-order valence-corrected chi connectivity index (χ0v) is 11.8. The number of esters is 1. The molecule has 0 N–H and O–H groups in total.